The summed E-state index contributed by atoms with van der Waals surface area (Å²) in [6.45, 7) is 4.18. The molecule has 0 bridgehead atoms. The second-order valence-corrected chi connectivity index (χ2v) is 4.02. The average molecular weight is 225 g/mol. The molecule has 3 N–H and O–H groups in total. The van der Waals surface area contributed by atoms with Crippen LogP contribution in [0.3, 0.4) is 0 Å². The van der Waals surface area contributed by atoms with E-state index < -0.39 is 0 Å². The van der Waals surface area contributed by atoms with Crippen LogP contribution in [0.5, 0.6) is 0 Å². The molecule has 2 unspecified atom stereocenters. The normalized spacial score (nSPS) is 14.5. The van der Waals surface area contributed by atoms with E-state index in [9.17, 15) is 4.79 Å². The third kappa shape index (κ3) is 3.62. The quantitative estimate of drug-likeness (QED) is 0.704. The Kier molecular flexibility index (Phi) is 4.42. The van der Waals surface area contributed by atoms with E-state index in [1.165, 1.54) is 0 Å². The summed E-state index contributed by atoms with van der Waals surface area (Å²) in [6.07, 6.45) is 2.28. The van der Waals surface area contributed by atoms with Gasteiger partial charge < -0.3 is 11.1 Å². The molecule has 2 atom stereocenters. The Labute approximate surface area is 95.2 Å². The van der Waals surface area contributed by atoms with E-state index in [1.54, 1.807) is 11.0 Å². The molecule has 0 aliphatic rings. The number of hydrogen-bond donors (Lipinski definition) is 2. The smallest absolute Gasteiger partial charge is 0.224 e. The molecule has 1 rings (SSSR count). The number of rotatable bonds is 5. The van der Waals surface area contributed by atoms with Gasteiger partial charge in [0, 0.05) is 32.0 Å². The van der Waals surface area contributed by atoms with Gasteiger partial charge in [0.25, 0.3) is 0 Å². The first-order valence-corrected chi connectivity index (χ1v) is 5.38. The van der Waals surface area contributed by atoms with Gasteiger partial charge in [0.05, 0.1) is 0 Å². The van der Waals surface area contributed by atoms with Crippen molar-refractivity contribution in [3.8, 4) is 0 Å². The van der Waals surface area contributed by atoms with Crippen LogP contribution in [0, 0.1) is 5.92 Å². The predicted octanol–water partition coefficient (Wildman–Crippen LogP) is -0.543. The Hall–Kier alpha value is -1.43. The fourth-order valence-corrected chi connectivity index (χ4v) is 1.20. The van der Waals surface area contributed by atoms with Gasteiger partial charge in [-0.2, -0.15) is 5.10 Å². The Morgan fingerprint density at radius 2 is 2.31 bits per heavy atom. The molecule has 0 fully saturated rings. The Balaban J connectivity index is 2.28. The second kappa shape index (κ2) is 5.60. The van der Waals surface area contributed by atoms with Gasteiger partial charge in [-0.15, -0.1) is 0 Å². The van der Waals surface area contributed by atoms with Crippen molar-refractivity contribution < 1.29 is 4.79 Å². The van der Waals surface area contributed by atoms with Gasteiger partial charge in [-0.3, -0.25) is 9.48 Å². The summed E-state index contributed by atoms with van der Waals surface area (Å²) in [6, 6.07) is -0.132. The van der Waals surface area contributed by atoms with E-state index in [2.05, 4.69) is 15.4 Å². The Morgan fingerprint density at radius 3 is 2.81 bits per heavy atom. The number of amides is 1. The van der Waals surface area contributed by atoms with Crippen molar-refractivity contribution >= 4 is 5.91 Å². The molecule has 0 aliphatic carbocycles. The predicted molar refractivity (Wildman–Crippen MR) is 60.5 cm³/mol. The van der Waals surface area contributed by atoms with Crippen molar-refractivity contribution in [1.29, 1.82) is 0 Å². The lowest BCUT2D eigenvalue weighted by atomic mass is 10.0. The van der Waals surface area contributed by atoms with Crippen LogP contribution in [-0.4, -0.2) is 33.3 Å². The third-order valence-corrected chi connectivity index (χ3v) is 2.50. The number of carbonyl (C=O) groups excluding carboxylic acids is 1. The first-order valence-electron chi connectivity index (χ1n) is 5.38. The van der Waals surface area contributed by atoms with Gasteiger partial charge in [0.1, 0.15) is 6.33 Å². The number of nitrogens with one attached hydrogen (secondary N) is 1. The van der Waals surface area contributed by atoms with Crippen LogP contribution in [0.2, 0.25) is 0 Å². The van der Waals surface area contributed by atoms with Crippen LogP contribution in [0.4, 0.5) is 0 Å². The largest absolute Gasteiger partial charge is 0.355 e. The molecule has 1 aromatic heterocycles. The number of hydrogen-bond acceptors (Lipinski definition) is 4. The van der Waals surface area contributed by atoms with Crippen molar-refractivity contribution in [1.82, 2.24) is 20.1 Å². The molecule has 0 saturated carbocycles. The SMILES string of the molecule is CC(N)C(C)C(=O)NCCc1ncn(C)n1. The molecule has 1 aromatic rings. The summed E-state index contributed by atoms with van der Waals surface area (Å²) in [5.41, 5.74) is 5.63. The van der Waals surface area contributed by atoms with Gasteiger partial charge >= 0.3 is 0 Å². The highest BCUT2D eigenvalue weighted by Gasteiger charge is 2.16. The zero-order valence-electron chi connectivity index (χ0n) is 9.97. The molecular weight excluding hydrogens is 206 g/mol. The summed E-state index contributed by atoms with van der Waals surface area (Å²) < 4.78 is 1.64. The summed E-state index contributed by atoms with van der Waals surface area (Å²) in [7, 11) is 1.81. The molecule has 6 nitrogen and oxygen atoms in total. The maximum Gasteiger partial charge on any atom is 0.224 e. The number of aromatic nitrogens is 3. The summed E-state index contributed by atoms with van der Waals surface area (Å²) in [5.74, 6) is 0.541. The number of nitrogens with two attached hydrogens (primary N) is 1. The lowest BCUT2D eigenvalue weighted by molar-refractivity contribution is -0.124. The highest BCUT2D eigenvalue weighted by atomic mass is 16.1. The highest BCUT2D eigenvalue weighted by Crippen LogP contribution is 1.99. The number of nitrogens with zero attached hydrogens (tertiary/aromatic N) is 3. The Morgan fingerprint density at radius 1 is 1.62 bits per heavy atom. The monoisotopic (exact) mass is 225 g/mol. The minimum atomic E-state index is -0.170. The third-order valence-electron chi connectivity index (χ3n) is 2.50. The van der Waals surface area contributed by atoms with Crippen LogP contribution in [0.1, 0.15) is 19.7 Å². The molecule has 90 valence electrons. The average Bonchev–Trinajstić information content (AvgIpc) is 2.62. The fourth-order valence-electron chi connectivity index (χ4n) is 1.20. The van der Waals surface area contributed by atoms with Crippen molar-refractivity contribution in [2.24, 2.45) is 18.7 Å². The first kappa shape index (κ1) is 12.6. The van der Waals surface area contributed by atoms with Crippen molar-refractivity contribution in [3.63, 3.8) is 0 Å². The lowest BCUT2D eigenvalue weighted by Crippen LogP contribution is -2.39. The maximum absolute atomic E-state index is 11.5. The van der Waals surface area contributed by atoms with Crippen molar-refractivity contribution in [2.75, 3.05) is 6.54 Å². The molecule has 0 spiro atoms. The van der Waals surface area contributed by atoms with Crippen LogP contribution < -0.4 is 11.1 Å². The standard InChI is InChI=1S/C10H19N5O/c1-7(8(2)11)10(16)12-5-4-9-13-6-15(3)14-9/h6-8H,4-5,11H2,1-3H3,(H,12,16). The lowest BCUT2D eigenvalue weighted by Gasteiger charge is -2.14. The zero-order chi connectivity index (χ0) is 12.1. The van der Waals surface area contributed by atoms with E-state index in [1.807, 2.05) is 20.9 Å². The summed E-state index contributed by atoms with van der Waals surface area (Å²) >= 11 is 0. The Bertz CT molecular complexity index is 347. The van der Waals surface area contributed by atoms with E-state index in [-0.39, 0.29) is 17.9 Å². The second-order valence-electron chi connectivity index (χ2n) is 4.02. The van der Waals surface area contributed by atoms with Crippen molar-refractivity contribution in [2.45, 2.75) is 26.3 Å². The topological polar surface area (TPSA) is 85.8 Å². The van der Waals surface area contributed by atoms with Crippen LogP contribution in [0.25, 0.3) is 0 Å². The van der Waals surface area contributed by atoms with E-state index in [0.717, 1.165) is 5.82 Å². The number of aryl methyl sites for hydroxylation is 1. The van der Waals surface area contributed by atoms with E-state index >= 15 is 0 Å². The molecule has 0 aromatic carbocycles. The summed E-state index contributed by atoms with van der Waals surface area (Å²) in [4.78, 5) is 15.6. The first-order chi connectivity index (χ1) is 7.50. The minimum Gasteiger partial charge on any atom is -0.355 e. The highest BCUT2D eigenvalue weighted by molar-refractivity contribution is 5.78. The van der Waals surface area contributed by atoms with Gasteiger partial charge in [-0.25, -0.2) is 4.98 Å². The molecule has 0 radical (unpaired) electrons. The van der Waals surface area contributed by atoms with Gasteiger partial charge in [0.15, 0.2) is 5.82 Å². The molecule has 1 heterocycles. The van der Waals surface area contributed by atoms with E-state index in [0.29, 0.717) is 13.0 Å². The minimum absolute atomic E-state index is 0.0223. The molecule has 6 heteroatoms. The van der Waals surface area contributed by atoms with Gasteiger partial charge in [-0.05, 0) is 6.92 Å². The van der Waals surface area contributed by atoms with Crippen LogP contribution in [-0.2, 0) is 18.3 Å². The summed E-state index contributed by atoms with van der Waals surface area (Å²) in [5, 5.41) is 6.93. The van der Waals surface area contributed by atoms with Crippen LogP contribution in [0.15, 0.2) is 6.33 Å². The molecular formula is C10H19N5O. The number of carbonyl (C=O) groups is 1. The molecule has 0 aliphatic heterocycles. The molecule has 0 saturated heterocycles. The van der Waals surface area contributed by atoms with Crippen LogP contribution >= 0.6 is 0 Å². The van der Waals surface area contributed by atoms with E-state index in [4.69, 9.17) is 5.73 Å². The maximum atomic E-state index is 11.5. The van der Waals surface area contributed by atoms with Gasteiger partial charge in [-0.1, -0.05) is 6.92 Å². The van der Waals surface area contributed by atoms with Gasteiger partial charge in [0.2, 0.25) is 5.91 Å². The fraction of sp³-hybridized carbons (Fsp3) is 0.700. The molecule has 1 amide bonds. The molecule has 16 heavy (non-hydrogen) atoms. The van der Waals surface area contributed by atoms with Crippen molar-refractivity contribution in [3.05, 3.63) is 12.2 Å². The zero-order valence-corrected chi connectivity index (χ0v) is 9.97.